The number of para-hydroxylation sites is 1. The Labute approximate surface area is 169 Å². The quantitative estimate of drug-likeness (QED) is 0.191. The summed E-state index contributed by atoms with van der Waals surface area (Å²) < 4.78 is 1.05. The molecule has 0 saturated carbocycles. The smallest absolute Gasteiger partial charge is 0.224 e. The standard InChI is InChI=1S/C27H21NO/c29-28-26-8-4-2-6-19(26)12-16-27(28)21-11-13-23-20(17-21)10-15-24-22-7-3-1-5-18(22)9-14-25(23)24/h2,4,6,8-17H,1,3,5,7H2. The monoisotopic (exact) mass is 375 g/mol. The highest BCUT2D eigenvalue weighted by Crippen LogP contribution is 2.34. The Morgan fingerprint density at radius 1 is 0.655 bits per heavy atom. The zero-order valence-corrected chi connectivity index (χ0v) is 16.2. The Morgan fingerprint density at radius 2 is 1.45 bits per heavy atom. The molecule has 0 radical (unpaired) electrons. The van der Waals surface area contributed by atoms with Gasteiger partial charge in [-0.3, -0.25) is 0 Å². The molecule has 0 spiro atoms. The Morgan fingerprint density at radius 3 is 2.41 bits per heavy atom. The van der Waals surface area contributed by atoms with E-state index in [-0.39, 0.29) is 0 Å². The van der Waals surface area contributed by atoms with Gasteiger partial charge in [0.2, 0.25) is 11.2 Å². The second kappa shape index (κ2) is 6.31. The first-order chi connectivity index (χ1) is 14.3. The van der Waals surface area contributed by atoms with Gasteiger partial charge >= 0.3 is 0 Å². The number of hydrogen-bond acceptors (Lipinski definition) is 1. The van der Waals surface area contributed by atoms with E-state index in [0.717, 1.165) is 15.7 Å². The fraction of sp³-hybridized carbons (Fsp3) is 0.148. The molecule has 6 rings (SSSR count). The molecule has 0 fully saturated rings. The lowest BCUT2D eigenvalue weighted by atomic mass is 9.86. The minimum absolute atomic E-state index is 0.691. The van der Waals surface area contributed by atoms with Crippen LogP contribution in [-0.2, 0) is 12.8 Å². The first kappa shape index (κ1) is 16.6. The fourth-order valence-corrected chi connectivity index (χ4v) is 4.95. The van der Waals surface area contributed by atoms with Gasteiger partial charge in [-0.15, -0.1) is 0 Å². The van der Waals surface area contributed by atoms with E-state index in [1.807, 2.05) is 36.4 Å². The van der Waals surface area contributed by atoms with E-state index in [0.29, 0.717) is 11.2 Å². The van der Waals surface area contributed by atoms with Gasteiger partial charge in [-0.1, -0.05) is 42.5 Å². The summed E-state index contributed by atoms with van der Waals surface area (Å²) in [5.74, 6) is 0. The summed E-state index contributed by atoms with van der Waals surface area (Å²) in [5, 5.41) is 19.1. The third-order valence-corrected chi connectivity index (χ3v) is 6.44. The number of hydrogen-bond donors (Lipinski definition) is 0. The van der Waals surface area contributed by atoms with Crippen LogP contribution in [0.2, 0.25) is 0 Å². The van der Waals surface area contributed by atoms with Crippen LogP contribution >= 0.6 is 0 Å². The summed E-state index contributed by atoms with van der Waals surface area (Å²) in [4.78, 5) is 0. The van der Waals surface area contributed by atoms with Crippen LogP contribution in [0, 0.1) is 5.21 Å². The van der Waals surface area contributed by atoms with Crippen LogP contribution in [0.1, 0.15) is 24.0 Å². The average molecular weight is 375 g/mol. The minimum atomic E-state index is 0.691. The number of pyridine rings is 1. The van der Waals surface area contributed by atoms with Crippen LogP contribution < -0.4 is 4.73 Å². The highest BCUT2D eigenvalue weighted by atomic mass is 16.5. The van der Waals surface area contributed by atoms with E-state index in [9.17, 15) is 5.21 Å². The molecule has 0 atom stereocenters. The van der Waals surface area contributed by atoms with Crippen LogP contribution in [0.4, 0.5) is 0 Å². The Bertz CT molecular complexity index is 1420. The second-order valence-electron chi connectivity index (χ2n) is 8.08. The normalized spacial score (nSPS) is 13.8. The molecule has 2 heteroatoms. The van der Waals surface area contributed by atoms with Crippen molar-refractivity contribution in [2.24, 2.45) is 0 Å². The lowest BCUT2D eigenvalue weighted by molar-refractivity contribution is -0.565. The van der Waals surface area contributed by atoms with Crippen molar-refractivity contribution in [2.75, 3.05) is 0 Å². The van der Waals surface area contributed by atoms with Crippen LogP contribution in [0.5, 0.6) is 0 Å². The molecule has 4 aromatic carbocycles. The Hall–Kier alpha value is -3.39. The summed E-state index contributed by atoms with van der Waals surface area (Å²) in [7, 11) is 0. The molecule has 140 valence electrons. The molecular formula is C27H21NO. The van der Waals surface area contributed by atoms with Crippen LogP contribution in [0.15, 0.2) is 78.9 Å². The molecular weight excluding hydrogens is 354 g/mol. The van der Waals surface area contributed by atoms with Gasteiger partial charge in [-0.05, 0) is 82.6 Å². The summed E-state index contributed by atoms with van der Waals surface area (Å²) >= 11 is 0. The van der Waals surface area contributed by atoms with Gasteiger partial charge in [0.05, 0.1) is 0 Å². The maximum Gasteiger partial charge on any atom is 0.224 e. The van der Waals surface area contributed by atoms with Gasteiger partial charge in [0.1, 0.15) is 0 Å². The van der Waals surface area contributed by atoms with Crippen molar-refractivity contribution in [3.63, 3.8) is 0 Å². The van der Waals surface area contributed by atoms with Crippen molar-refractivity contribution in [3.05, 3.63) is 95.2 Å². The molecule has 1 aromatic heterocycles. The molecule has 1 aliphatic rings. The molecule has 0 N–H and O–H groups in total. The Kier molecular flexibility index (Phi) is 3.60. The van der Waals surface area contributed by atoms with E-state index >= 15 is 0 Å². The highest BCUT2D eigenvalue weighted by Gasteiger charge is 2.16. The third-order valence-electron chi connectivity index (χ3n) is 6.44. The maximum atomic E-state index is 13.0. The summed E-state index contributed by atoms with van der Waals surface area (Å²) in [5.41, 5.74) is 5.40. The van der Waals surface area contributed by atoms with E-state index < -0.39 is 0 Å². The molecule has 2 nitrogen and oxygen atoms in total. The summed E-state index contributed by atoms with van der Waals surface area (Å²) in [6.45, 7) is 0. The van der Waals surface area contributed by atoms with E-state index in [1.54, 1.807) is 0 Å². The molecule has 1 aliphatic carbocycles. The third kappa shape index (κ3) is 2.52. The number of benzene rings is 4. The van der Waals surface area contributed by atoms with Crippen molar-refractivity contribution in [1.29, 1.82) is 0 Å². The molecule has 0 amide bonds. The van der Waals surface area contributed by atoms with Gasteiger partial charge in [0.15, 0.2) is 0 Å². The molecule has 5 aromatic rings. The Balaban J connectivity index is 1.55. The number of fused-ring (bicyclic) bond motifs is 6. The number of rotatable bonds is 1. The van der Waals surface area contributed by atoms with Gasteiger partial charge in [0, 0.05) is 23.1 Å². The van der Waals surface area contributed by atoms with E-state index in [2.05, 4.69) is 42.5 Å². The molecule has 0 unspecified atom stereocenters. The van der Waals surface area contributed by atoms with Crippen LogP contribution in [0.25, 0.3) is 43.7 Å². The topological polar surface area (TPSA) is 26.9 Å². The highest BCUT2D eigenvalue weighted by molar-refractivity contribution is 6.09. The van der Waals surface area contributed by atoms with Crippen LogP contribution in [0.3, 0.4) is 0 Å². The van der Waals surface area contributed by atoms with Crippen molar-refractivity contribution in [1.82, 2.24) is 0 Å². The predicted molar refractivity (Wildman–Crippen MR) is 120 cm³/mol. The minimum Gasteiger partial charge on any atom is -0.618 e. The number of aromatic nitrogens is 1. The van der Waals surface area contributed by atoms with Gasteiger partial charge in [-0.2, -0.15) is 4.73 Å². The fourth-order valence-electron chi connectivity index (χ4n) is 4.95. The summed E-state index contributed by atoms with van der Waals surface area (Å²) in [6, 6.07) is 27.2. The maximum absolute atomic E-state index is 13.0. The molecule has 0 saturated heterocycles. The van der Waals surface area contributed by atoms with E-state index in [1.165, 1.54) is 58.4 Å². The molecule has 0 aliphatic heterocycles. The number of nitrogens with zero attached hydrogens (tertiary/aromatic N) is 1. The number of aryl methyl sites for hydroxylation is 2. The van der Waals surface area contributed by atoms with Crippen molar-refractivity contribution < 1.29 is 4.73 Å². The zero-order valence-electron chi connectivity index (χ0n) is 16.2. The van der Waals surface area contributed by atoms with Gasteiger partial charge in [-0.25, -0.2) is 0 Å². The molecule has 29 heavy (non-hydrogen) atoms. The molecule has 1 heterocycles. The zero-order chi connectivity index (χ0) is 19.4. The van der Waals surface area contributed by atoms with E-state index in [4.69, 9.17) is 0 Å². The van der Waals surface area contributed by atoms with Gasteiger partial charge < -0.3 is 5.21 Å². The average Bonchev–Trinajstić information content (AvgIpc) is 2.78. The lowest BCUT2D eigenvalue weighted by Crippen LogP contribution is -2.29. The van der Waals surface area contributed by atoms with Crippen molar-refractivity contribution >= 4 is 32.4 Å². The van der Waals surface area contributed by atoms with Crippen molar-refractivity contribution in [3.8, 4) is 11.3 Å². The lowest BCUT2D eigenvalue weighted by Gasteiger charge is -2.19. The second-order valence-corrected chi connectivity index (χ2v) is 8.08. The van der Waals surface area contributed by atoms with Crippen LogP contribution in [-0.4, -0.2) is 0 Å². The molecule has 0 bridgehead atoms. The summed E-state index contributed by atoms with van der Waals surface area (Å²) in [6.07, 6.45) is 4.97. The first-order valence-corrected chi connectivity index (χ1v) is 10.4. The van der Waals surface area contributed by atoms with Crippen molar-refractivity contribution in [2.45, 2.75) is 25.7 Å². The largest absolute Gasteiger partial charge is 0.618 e. The SMILES string of the molecule is [O-][n+]1c(-c2ccc3c(ccc4c5c(ccc43)CCCC5)c2)ccc2ccccc21. The predicted octanol–water partition coefficient (Wildman–Crippen LogP) is 6.33. The van der Waals surface area contributed by atoms with Gasteiger partial charge in [0.25, 0.3) is 0 Å². The first-order valence-electron chi connectivity index (χ1n) is 10.4.